The van der Waals surface area contributed by atoms with Crippen molar-refractivity contribution in [1.82, 2.24) is 0 Å². The zero-order chi connectivity index (χ0) is 4.28. The Balaban J connectivity index is 2.85. The lowest BCUT2D eigenvalue weighted by Crippen LogP contribution is -1.40. The van der Waals surface area contributed by atoms with Crippen molar-refractivity contribution in [3.05, 3.63) is 0 Å². The summed E-state index contributed by atoms with van der Waals surface area (Å²) in [7, 11) is -1.61. The average molecular weight is 132 g/mol. The minimum absolute atomic E-state index is 0.0525. The number of halogens is 2. The number of rotatable bonds is 1. The van der Waals surface area contributed by atoms with Crippen molar-refractivity contribution in [2.45, 2.75) is 0 Å². The van der Waals surface area contributed by atoms with Crippen LogP contribution in [0.5, 0.6) is 0 Å². The highest BCUT2D eigenvalue weighted by atomic mass is 35.7. The molecule has 0 saturated heterocycles. The van der Waals surface area contributed by atoms with Crippen LogP contribution in [-0.2, 0) is 4.57 Å². The van der Waals surface area contributed by atoms with Gasteiger partial charge in [-0.05, 0) is 11.2 Å². The summed E-state index contributed by atoms with van der Waals surface area (Å²) in [6.07, 6.45) is 0. The van der Waals surface area contributed by atoms with Gasteiger partial charge in [0, 0.05) is 0 Å². The van der Waals surface area contributed by atoms with Gasteiger partial charge in [-0.3, -0.25) is 4.57 Å². The van der Waals surface area contributed by atoms with Crippen molar-refractivity contribution < 1.29 is 4.57 Å². The van der Waals surface area contributed by atoms with E-state index in [1.807, 2.05) is 0 Å². The molecule has 0 fully saturated rings. The third-order valence-electron chi connectivity index (χ3n) is 0.0940. The minimum atomic E-state index is -1.61. The Bertz CT molecular complexity index is 44.9. The molecular weight excluding hydrogens is 130 g/mol. The summed E-state index contributed by atoms with van der Waals surface area (Å²) < 4.78 is 9.59. The van der Waals surface area contributed by atoms with E-state index in [1.54, 1.807) is 0 Å². The normalized spacial score (nSPS) is 11.2. The average Bonchev–Trinajstić information content (AvgIpc) is 1.38. The zero-order valence-electron chi connectivity index (χ0n) is 2.32. The van der Waals surface area contributed by atoms with Crippen LogP contribution in [-0.4, -0.2) is 5.62 Å². The van der Waals surface area contributed by atoms with Gasteiger partial charge in [0.1, 0.15) is 5.62 Å². The van der Waals surface area contributed by atoms with Gasteiger partial charge in [-0.25, -0.2) is 0 Å². The largest absolute Gasteiger partial charge is 0.268 e. The molecule has 0 aliphatic carbocycles. The van der Waals surface area contributed by atoms with E-state index >= 15 is 0 Å². The van der Waals surface area contributed by atoms with Crippen LogP contribution < -0.4 is 0 Å². The first kappa shape index (κ1) is 5.68. The van der Waals surface area contributed by atoms with Gasteiger partial charge in [0.05, 0.1) is 0 Å². The third-order valence-corrected chi connectivity index (χ3v) is 1.66. The molecule has 1 unspecified atom stereocenters. The Morgan fingerprint density at radius 3 is 2.00 bits per heavy atom. The second kappa shape index (κ2) is 2.89. The molecule has 0 heterocycles. The molecule has 0 aliphatic rings. The van der Waals surface area contributed by atoms with Gasteiger partial charge in [-0.15, -0.1) is 11.6 Å². The Hall–Kier alpha value is 0.680. The molecule has 5 heavy (non-hydrogen) atoms. The molecule has 0 aromatic heterocycles. The molecule has 1 radical (unpaired) electrons. The van der Waals surface area contributed by atoms with Crippen LogP contribution >= 0.6 is 30.0 Å². The fourth-order valence-corrected chi connectivity index (χ4v) is 0. The summed E-state index contributed by atoms with van der Waals surface area (Å²) in [5.41, 5.74) is 0.0525. The van der Waals surface area contributed by atoms with Gasteiger partial charge in [-0.2, -0.15) is 0 Å². The smallest absolute Gasteiger partial charge is 0.183 e. The van der Waals surface area contributed by atoms with Crippen LogP contribution in [0.15, 0.2) is 0 Å². The van der Waals surface area contributed by atoms with E-state index in [-0.39, 0.29) is 5.62 Å². The first-order chi connectivity index (χ1) is 2.27. The quantitative estimate of drug-likeness (QED) is 0.394. The molecule has 1 nitrogen and oxygen atoms in total. The van der Waals surface area contributed by atoms with Crippen molar-refractivity contribution >= 4 is 30.0 Å². The van der Waals surface area contributed by atoms with E-state index in [2.05, 4.69) is 0 Å². The van der Waals surface area contributed by atoms with Crippen LogP contribution in [0.1, 0.15) is 0 Å². The first-order valence-electron chi connectivity index (χ1n) is 0.935. The SMILES string of the molecule is O=[P](Cl)CCl. The molecule has 0 spiro atoms. The fourth-order valence-electron chi connectivity index (χ4n) is 0. The molecule has 0 bridgehead atoms. The van der Waals surface area contributed by atoms with Gasteiger partial charge in [-0.1, -0.05) is 0 Å². The molecule has 0 amide bonds. The topological polar surface area (TPSA) is 17.1 Å². The number of hydrogen-bond donors (Lipinski definition) is 0. The minimum Gasteiger partial charge on any atom is -0.268 e. The summed E-state index contributed by atoms with van der Waals surface area (Å²) in [4.78, 5) is 0. The summed E-state index contributed by atoms with van der Waals surface area (Å²) >= 11 is 9.76. The lowest BCUT2D eigenvalue weighted by Gasteiger charge is -1.67. The molecule has 0 rings (SSSR count). The van der Waals surface area contributed by atoms with Crippen LogP contribution in [0.2, 0.25) is 0 Å². The standard InChI is InChI=1S/CH2Cl2OP/c2-1-5(3)4/h1H2. The summed E-state index contributed by atoms with van der Waals surface area (Å²) in [6, 6.07) is 0. The second-order valence-corrected chi connectivity index (χ2v) is 3.16. The van der Waals surface area contributed by atoms with Crippen molar-refractivity contribution in [2.75, 3.05) is 5.62 Å². The molecule has 0 N–H and O–H groups in total. The Morgan fingerprint density at radius 1 is 1.80 bits per heavy atom. The summed E-state index contributed by atoms with van der Waals surface area (Å²) in [5, 5.41) is 0. The highest BCUT2D eigenvalue weighted by Crippen LogP contribution is 2.26. The van der Waals surface area contributed by atoms with E-state index in [4.69, 9.17) is 22.8 Å². The third kappa shape index (κ3) is 4.68. The number of hydrogen-bond acceptors (Lipinski definition) is 1. The van der Waals surface area contributed by atoms with Crippen LogP contribution in [0, 0.1) is 0 Å². The van der Waals surface area contributed by atoms with Gasteiger partial charge in [0.15, 0.2) is 7.15 Å². The maximum atomic E-state index is 9.59. The van der Waals surface area contributed by atoms with Crippen molar-refractivity contribution in [2.24, 2.45) is 0 Å². The highest BCUT2D eigenvalue weighted by molar-refractivity contribution is 7.74. The molecule has 0 saturated carbocycles. The molecular formula is CH2Cl2OP. The van der Waals surface area contributed by atoms with Crippen molar-refractivity contribution in [1.29, 1.82) is 0 Å². The van der Waals surface area contributed by atoms with Gasteiger partial charge in [0.25, 0.3) is 0 Å². The van der Waals surface area contributed by atoms with Gasteiger partial charge >= 0.3 is 0 Å². The lowest BCUT2D eigenvalue weighted by atomic mass is 11.9. The molecule has 31 valence electrons. The predicted octanol–water partition coefficient (Wildman–Crippen LogP) is 2.16. The van der Waals surface area contributed by atoms with E-state index < -0.39 is 7.15 Å². The Morgan fingerprint density at radius 2 is 2.00 bits per heavy atom. The van der Waals surface area contributed by atoms with E-state index in [9.17, 15) is 4.57 Å². The molecule has 0 aliphatic heterocycles. The molecule has 0 aromatic carbocycles. The molecule has 0 aromatic rings. The van der Waals surface area contributed by atoms with E-state index in [0.29, 0.717) is 0 Å². The van der Waals surface area contributed by atoms with Crippen molar-refractivity contribution in [3.8, 4) is 0 Å². The highest BCUT2D eigenvalue weighted by Gasteiger charge is 1.81. The zero-order valence-corrected chi connectivity index (χ0v) is 4.72. The lowest BCUT2D eigenvalue weighted by molar-refractivity contribution is 0.598. The predicted molar refractivity (Wildman–Crippen MR) is 24.2 cm³/mol. The fraction of sp³-hybridized carbons (Fsp3) is 1.00. The van der Waals surface area contributed by atoms with E-state index in [0.717, 1.165) is 0 Å². The van der Waals surface area contributed by atoms with Crippen molar-refractivity contribution in [3.63, 3.8) is 0 Å². The Kier molecular flexibility index (Phi) is 3.29. The molecule has 4 heteroatoms. The monoisotopic (exact) mass is 131 g/mol. The number of alkyl halides is 1. The summed E-state index contributed by atoms with van der Waals surface area (Å²) in [5.74, 6) is 0. The van der Waals surface area contributed by atoms with Gasteiger partial charge in [0.2, 0.25) is 0 Å². The summed E-state index contributed by atoms with van der Waals surface area (Å²) in [6.45, 7) is 0. The maximum Gasteiger partial charge on any atom is 0.183 e. The first-order valence-corrected chi connectivity index (χ1v) is 3.82. The van der Waals surface area contributed by atoms with E-state index in [1.165, 1.54) is 0 Å². The maximum absolute atomic E-state index is 9.59. The van der Waals surface area contributed by atoms with Crippen LogP contribution in [0.3, 0.4) is 0 Å². The van der Waals surface area contributed by atoms with Gasteiger partial charge < -0.3 is 0 Å². The Labute approximate surface area is 40.8 Å². The van der Waals surface area contributed by atoms with Crippen LogP contribution in [0.25, 0.3) is 0 Å². The molecule has 1 atom stereocenters. The van der Waals surface area contributed by atoms with Crippen LogP contribution in [0.4, 0.5) is 0 Å². The second-order valence-electron chi connectivity index (χ2n) is 0.437.